The Balaban J connectivity index is 1.84. The largest absolute Gasteiger partial charge is 0.458 e. The summed E-state index contributed by atoms with van der Waals surface area (Å²) in [6, 6.07) is 11.1. The fourth-order valence-electron chi connectivity index (χ4n) is 2.84. The number of nitrogens with zero attached hydrogens (tertiary/aromatic N) is 2. The van der Waals surface area contributed by atoms with Gasteiger partial charge in [-0.2, -0.15) is 0 Å². The van der Waals surface area contributed by atoms with Gasteiger partial charge in [0.05, 0.1) is 11.3 Å². The number of furan rings is 1. The molecule has 1 aromatic heterocycles. The van der Waals surface area contributed by atoms with Gasteiger partial charge in [0, 0.05) is 16.4 Å². The van der Waals surface area contributed by atoms with Gasteiger partial charge in [-0.3, -0.25) is 14.7 Å². The summed E-state index contributed by atoms with van der Waals surface area (Å²) in [7, 11) is 0. The van der Waals surface area contributed by atoms with E-state index < -0.39 is 0 Å². The maximum Gasteiger partial charge on any atom is 0.208 e. The zero-order valence-corrected chi connectivity index (χ0v) is 16.8. The molecule has 0 unspecified atom stereocenters. The number of hydrogen-bond donors (Lipinski definition) is 0. The molecule has 0 radical (unpaired) electrons. The van der Waals surface area contributed by atoms with Crippen molar-refractivity contribution in [3.63, 3.8) is 0 Å². The number of hydrogen-bond acceptors (Lipinski definition) is 5. The van der Waals surface area contributed by atoms with Crippen LogP contribution in [0.3, 0.4) is 0 Å². The molecule has 0 saturated carbocycles. The molecule has 2 heterocycles. The molecule has 0 saturated heterocycles. The van der Waals surface area contributed by atoms with Crippen LogP contribution >= 0.6 is 23.4 Å². The second-order valence-corrected chi connectivity index (χ2v) is 8.15. The Labute approximate surface area is 162 Å². The molecule has 1 aliphatic heterocycles. The first kappa shape index (κ1) is 18.8. The first-order chi connectivity index (χ1) is 12.2. The normalized spacial score (nSPS) is 16.3. The summed E-state index contributed by atoms with van der Waals surface area (Å²) in [4.78, 5) is 19.3. The van der Waals surface area contributed by atoms with Crippen molar-refractivity contribution in [1.29, 1.82) is 0 Å². The predicted octanol–water partition coefficient (Wildman–Crippen LogP) is 5.72. The van der Waals surface area contributed by atoms with Crippen LogP contribution in [0.2, 0.25) is 5.02 Å². The molecule has 136 valence electrons. The third kappa shape index (κ3) is 4.22. The summed E-state index contributed by atoms with van der Waals surface area (Å²) in [5, 5.41) is 1.47. The summed E-state index contributed by atoms with van der Waals surface area (Å²) >= 11 is 7.43. The maximum atomic E-state index is 12.4. The van der Waals surface area contributed by atoms with Gasteiger partial charge >= 0.3 is 0 Å². The fraction of sp³-hybridized carbons (Fsp3) is 0.300. The Kier molecular flexibility index (Phi) is 5.30. The Morgan fingerprint density at radius 1 is 1.19 bits per heavy atom. The summed E-state index contributed by atoms with van der Waals surface area (Å²) in [5.41, 5.74) is 1.71. The van der Waals surface area contributed by atoms with Crippen LogP contribution in [0, 0.1) is 6.92 Å². The first-order valence-electron chi connectivity index (χ1n) is 8.33. The predicted molar refractivity (Wildman–Crippen MR) is 109 cm³/mol. The van der Waals surface area contributed by atoms with Crippen LogP contribution in [0.15, 0.2) is 57.6 Å². The molecule has 6 heteroatoms. The number of thioether (sulfide) groups is 1. The zero-order chi connectivity index (χ0) is 18.9. The van der Waals surface area contributed by atoms with Crippen LogP contribution in [-0.2, 0) is 0 Å². The number of carbonyl (C=O) groups excluding carboxylic acids is 1. The minimum atomic E-state index is -0.320. The quantitative estimate of drug-likeness (QED) is 0.628. The van der Waals surface area contributed by atoms with Crippen molar-refractivity contribution in [3.8, 4) is 0 Å². The minimum Gasteiger partial charge on any atom is -0.458 e. The minimum absolute atomic E-state index is 0.0492. The Hall–Kier alpha value is -1.98. The van der Waals surface area contributed by atoms with E-state index in [9.17, 15) is 4.79 Å². The number of aryl methyl sites for hydroxylation is 1. The lowest BCUT2D eigenvalue weighted by Gasteiger charge is -2.34. The van der Waals surface area contributed by atoms with Gasteiger partial charge in [-0.25, -0.2) is 0 Å². The molecule has 0 amide bonds. The molecule has 0 N–H and O–H groups in total. The molecule has 0 bridgehead atoms. The molecule has 0 atom stereocenters. The fourth-order valence-corrected chi connectivity index (χ4v) is 4.05. The van der Waals surface area contributed by atoms with Crippen LogP contribution in [0.25, 0.3) is 0 Å². The van der Waals surface area contributed by atoms with E-state index in [0.29, 0.717) is 10.8 Å². The number of aliphatic imine (C=N–C) groups is 1. The standard InChI is InChI=1S/C20H21ClN2O2S/c1-13-11-20(3,4)22-19(23(13)16-8-6-15(21)7-9-16)26-12-17(24)18-10-5-14(2)25-18/h5-11H,12H2,1-4H3. The highest BCUT2D eigenvalue weighted by Crippen LogP contribution is 2.32. The van der Waals surface area contributed by atoms with Gasteiger partial charge < -0.3 is 4.42 Å². The number of amidine groups is 1. The van der Waals surface area contributed by atoms with Gasteiger partial charge in [-0.05, 0) is 70.2 Å². The number of anilines is 1. The van der Waals surface area contributed by atoms with Crippen molar-refractivity contribution in [2.24, 2.45) is 4.99 Å². The van der Waals surface area contributed by atoms with Crippen molar-refractivity contribution < 1.29 is 9.21 Å². The van der Waals surface area contributed by atoms with Gasteiger partial charge in [0.25, 0.3) is 0 Å². The number of halogens is 1. The van der Waals surface area contributed by atoms with E-state index in [1.54, 1.807) is 12.1 Å². The topological polar surface area (TPSA) is 45.8 Å². The Morgan fingerprint density at radius 2 is 1.88 bits per heavy atom. The third-order valence-electron chi connectivity index (χ3n) is 3.92. The first-order valence-corrected chi connectivity index (χ1v) is 9.69. The highest BCUT2D eigenvalue weighted by Gasteiger charge is 2.28. The van der Waals surface area contributed by atoms with Crippen LogP contribution < -0.4 is 4.90 Å². The van der Waals surface area contributed by atoms with E-state index in [1.165, 1.54) is 11.8 Å². The lowest BCUT2D eigenvalue weighted by atomic mass is 10.0. The molecular weight excluding hydrogens is 368 g/mol. The van der Waals surface area contributed by atoms with Gasteiger partial charge in [0.1, 0.15) is 5.76 Å². The summed E-state index contributed by atoms with van der Waals surface area (Å²) in [6.45, 7) is 7.97. The van der Waals surface area contributed by atoms with Crippen LogP contribution in [0.5, 0.6) is 0 Å². The highest BCUT2D eigenvalue weighted by molar-refractivity contribution is 8.14. The molecular formula is C20H21ClN2O2S. The molecule has 0 fully saturated rings. The van der Waals surface area contributed by atoms with E-state index in [-0.39, 0.29) is 17.1 Å². The smallest absolute Gasteiger partial charge is 0.208 e. The third-order valence-corrected chi connectivity index (χ3v) is 5.11. The SMILES string of the molecule is CC1=CC(C)(C)N=C(SCC(=O)c2ccc(C)o2)N1c1ccc(Cl)cc1. The molecule has 2 aromatic rings. The molecule has 1 aromatic carbocycles. The average Bonchev–Trinajstić information content (AvgIpc) is 2.99. The van der Waals surface area contributed by atoms with Gasteiger partial charge in [0.2, 0.25) is 5.78 Å². The lowest BCUT2D eigenvalue weighted by molar-refractivity contribution is 0.0991. The zero-order valence-electron chi connectivity index (χ0n) is 15.2. The average molecular weight is 389 g/mol. The van der Waals surface area contributed by atoms with Gasteiger partial charge in [-0.1, -0.05) is 23.4 Å². The summed E-state index contributed by atoms with van der Waals surface area (Å²) in [5.74, 6) is 1.33. The number of Topliss-reactive ketones (excluding diaryl/α,β-unsaturated/α-hetero) is 1. The van der Waals surface area contributed by atoms with Gasteiger partial charge in [-0.15, -0.1) is 0 Å². The van der Waals surface area contributed by atoms with Crippen molar-refractivity contribution in [2.45, 2.75) is 33.2 Å². The van der Waals surface area contributed by atoms with Crippen molar-refractivity contribution in [1.82, 2.24) is 0 Å². The van der Waals surface area contributed by atoms with E-state index in [1.807, 2.05) is 56.9 Å². The molecule has 26 heavy (non-hydrogen) atoms. The lowest BCUT2D eigenvalue weighted by Crippen LogP contribution is -2.36. The summed E-state index contributed by atoms with van der Waals surface area (Å²) < 4.78 is 5.43. The van der Waals surface area contributed by atoms with Crippen molar-refractivity contribution >= 4 is 40.0 Å². The van der Waals surface area contributed by atoms with Gasteiger partial charge in [0.15, 0.2) is 10.9 Å². The highest BCUT2D eigenvalue weighted by atomic mass is 35.5. The number of carbonyl (C=O) groups is 1. The summed E-state index contributed by atoms with van der Waals surface area (Å²) in [6.07, 6.45) is 2.11. The second-order valence-electron chi connectivity index (χ2n) is 6.77. The maximum absolute atomic E-state index is 12.4. The van der Waals surface area contributed by atoms with E-state index >= 15 is 0 Å². The van der Waals surface area contributed by atoms with E-state index in [0.717, 1.165) is 22.3 Å². The molecule has 3 rings (SSSR count). The van der Waals surface area contributed by atoms with E-state index in [4.69, 9.17) is 21.0 Å². The Morgan fingerprint density at radius 3 is 2.50 bits per heavy atom. The molecule has 1 aliphatic rings. The molecule has 0 spiro atoms. The van der Waals surface area contributed by atoms with Crippen molar-refractivity contribution in [2.75, 3.05) is 10.7 Å². The second kappa shape index (κ2) is 7.33. The molecule has 0 aliphatic carbocycles. The Bertz CT molecular complexity index is 881. The number of allylic oxidation sites excluding steroid dienone is 1. The van der Waals surface area contributed by atoms with E-state index in [2.05, 4.69) is 6.08 Å². The number of benzene rings is 1. The van der Waals surface area contributed by atoms with Crippen LogP contribution in [-0.4, -0.2) is 22.2 Å². The van der Waals surface area contributed by atoms with Crippen LogP contribution in [0.4, 0.5) is 5.69 Å². The number of ketones is 1. The van der Waals surface area contributed by atoms with Crippen molar-refractivity contribution in [3.05, 3.63) is 64.7 Å². The number of rotatable bonds is 4. The van der Waals surface area contributed by atoms with Crippen LogP contribution in [0.1, 0.15) is 37.1 Å². The monoisotopic (exact) mass is 388 g/mol. The molecule has 4 nitrogen and oxygen atoms in total.